The number of nitrogens with zero attached hydrogens (tertiary/aromatic N) is 4. The number of azide groups is 1. The van der Waals surface area contributed by atoms with Gasteiger partial charge in [0.05, 0.1) is 18.6 Å². The third kappa shape index (κ3) is 2.83. The maximum absolute atomic E-state index is 11.8. The molecule has 2 saturated heterocycles. The fourth-order valence-corrected chi connectivity index (χ4v) is 2.28. The van der Waals surface area contributed by atoms with Crippen LogP contribution in [0.25, 0.3) is 10.4 Å². The highest BCUT2D eigenvalue weighted by atomic mass is 16.5. The van der Waals surface area contributed by atoms with E-state index in [0.29, 0.717) is 0 Å². The Labute approximate surface area is 113 Å². The van der Waals surface area contributed by atoms with Crippen LogP contribution in [-0.4, -0.2) is 65.2 Å². The van der Waals surface area contributed by atoms with Gasteiger partial charge in [0, 0.05) is 24.4 Å². The molecule has 0 spiro atoms. The van der Waals surface area contributed by atoms with Gasteiger partial charge in [-0.05, 0) is 5.53 Å². The van der Waals surface area contributed by atoms with Gasteiger partial charge in [0.15, 0.2) is 0 Å². The Bertz CT molecular complexity index is 451. The van der Waals surface area contributed by atoms with E-state index in [2.05, 4.69) is 15.3 Å². The summed E-state index contributed by atoms with van der Waals surface area (Å²) in [5, 5.41) is 24.2. The monoisotopic (exact) mass is 285 g/mol. The van der Waals surface area contributed by atoms with Crippen molar-refractivity contribution in [2.24, 2.45) is 11.0 Å². The number of urea groups is 1. The molecule has 10 nitrogen and oxygen atoms in total. The molecule has 2 fully saturated rings. The number of ether oxygens (including phenoxy) is 1. The quantitative estimate of drug-likeness (QED) is 0.342. The van der Waals surface area contributed by atoms with Crippen molar-refractivity contribution in [1.29, 1.82) is 0 Å². The van der Waals surface area contributed by atoms with E-state index in [0.717, 1.165) is 0 Å². The van der Waals surface area contributed by atoms with E-state index >= 15 is 0 Å². The van der Waals surface area contributed by atoms with Gasteiger partial charge in [-0.25, -0.2) is 4.79 Å². The number of carbonyl (C=O) groups is 2. The number of hydrogen-bond acceptors (Lipinski definition) is 6. The lowest BCUT2D eigenvalue weighted by Gasteiger charge is -2.35. The van der Waals surface area contributed by atoms with Crippen molar-refractivity contribution >= 4 is 11.9 Å². The number of imide groups is 1. The fourth-order valence-electron chi connectivity index (χ4n) is 2.28. The van der Waals surface area contributed by atoms with Crippen molar-refractivity contribution in [3.8, 4) is 0 Å². The molecule has 0 aromatic carbocycles. The largest absolute Gasteiger partial charge is 0.394 e. The summed E-state index contributed by atoms with van der Waals surface area (Å²) in [5.74, 6) is -1.16. The lowest BCUT2D eigenvalue weighted by molar-refractivity contribution is -0.128. The van der Waals surface area contributed by atoms with Gasteiger partial charge in [-0.15, -0.1) is 0 Å². The Morgan fingerprint density at radius 2 is 2.30 bits per heavy atom. The van der Waals surface area contributed by atoms with Crippen LogP contribution in [0.2, 0.25) is 0 Å². The first-order valence-corrected chi connectivity index (χ1v) is 6.13. The molecule has 2 aliphatic heterocycles. The second-order valence-electron chi connectivity index (χ2n) is 4.67. The van der Waals surface area contributed by atoms with E-state index in [1.807, 2.05) is 0 Å². The van der Waals surface area contributed by atoms with E-state index in [1.165, 1.54) is 4.90 Å². The molecule has 2 heterocycles. The van der Waals surface area contributed by atoms with E-state index in [1.54, 1.807) is 0 Å². The topological polar surface area (TPSA) is 148 Å². The molecule has 10 heteroatoms. The maximum Gasteiger partial charge on any atom is 0.326 e. The van der Waals surface area contributed by atoms with Gasteiger partial charge in [-0.3, -0.25) is 15.0 Å². The number of aliphatic hydroxyl groups excluding tert-OH is 2. The first kappa shape index (κ1) is 14.5. The van der Waals surface area contributed by atoms with Crippen molar-refractivity contribution in [2.45, 2.75) is 24.9 Å². The second-order valence-corrected chi connectivity index (χ2v) is 4.67. The van der Waals surface area contributed by atoms with Gasteiger partial charge in [-0.1, -0.05) is 5.11 Å². The number of nitrogens with one attached hydrogen (secondary N) is 1. The molecule has 0 bridgehead atoms. The van der Waals surface area contributed by atoms with Gasteiger partial charge >= 0.3 is 6.03 Å². The molecule has 0 aliphatic carbocycles. The van der Waals surface area contributed by atoms with E-state index in [9.17, 15) is 14.7 Å². The molecule has 4 atom stereocenters. The molecule has 3 amide bonds. The standard InChI is InChI=1S/C10H15N5O5/c11-14-12-2-5-3-15(10(19)13-9(5)18)8-1-6(17)7(4-16)20-8/h5-8,16-17H,1-4H2,(H,13,18,19)/t5?,6-,7+,8+/m0/s1. The summed E-state index contributed by atoms with van der Waals surface area (Å²) >= 11 is 0. The number of rotatable bonds is 4. The van der Waals surface area contributed by atoms with Gasteiger partial charge < -0.3 is 14.9 Å². The Hall–Kier alpha value is -1.87. The van der Waals surface area contributed by atoms with E-state index in [4.69, 9.17) is 15.4 Å². The number of amides is 3. The van der Waals surface area contributed by atoms with Crippen molar-refractivity contribution < 1.29 is 24.5 Å². The summed E-state index contributed by atoms with van der Waals surface area (Å²) in [6.45, 7) is -0.377. The smallest absolute Gasteiger partial charge is 0.326 e. The maximum atomic E-state index is 11.8. The molecule has 2 rings (SSSR count). The minimum absolute atomic E-state index is 0.0409. The summed E-state index contributed by atoms with van der Waals surface area (Å²) < 4.78 is 5.37. The van der Waals surface area contributed by atoms with Crippen LogP contribution in [0, 0.1) is 5.92 Å². The van der Waals surface area contributed by atoms with Crippen molar-refractivity contribution in [1.82, 2.24) is 10.2 Å². The molecule has 0 radical (unpaired) electrons. The predicted octanol–water partition coefficient (Wildman–Crippen LogP) is -1.07. The number of aliphatic hydroxyl groups is 2. The highest BCUT2D eigenvalue weighted by Gasteiger charge is 2.42. The van der Waals surface area contributed by atoms with Crippen LogP contribution < -0.4 is 5.32 Å². The zero-order valence-corrected chi connectivity index (χ0v) is 10.5. The van der Waals surface area contributed by atoms with Gasteiger partial charge in [0.2, 0.25) is 5.91 Å². The molecular weight excluding hydrogens is 270 g/mol. The van der Waals surface area contributed by atoms with E-state index < -0.39 is 36.3 Å². The van der Waals surface area contributed by atoms with Gasteiger partial charge in [0.1, 0.15) is 12.3 Å². The van der Waals surface area contributed by atoms with Crippen LogP contribution in [0.1, 0.15) is 6.42 Å². The third-order valence-electron chi connectivity index (χ3n) is 3.38. The van der Waals surface area contributed by atoms with Crippen LogP contribution in [0.3, 0.4) is 0 Å². The average Bonchev–Trinajstić information content (AvgIpc) is 2.79. The molecule has 0 aromatic rings. The Morgan fingerprint density at radius 1 is 1.55 bits per heavy atom. The minimum atomic E-state index is -0.869. The summed E-state index contributed by atoms with van der Waals surface area (Å²) in [5.41, 5.74) is 8.27. The summed E-state index contributed by atoms with van der Waals surface area (Å²) in [6.07, 6.45) is -2.18. The van der Waals surface area contributed by atoms with Crippen molar-refractivity contribution in [3.63, 3.8) is 0 Å². The minimum Gasteiger partial charge on any atom is -0.394 e. The van der Waals surface area contributed by atoms with Gasteiger partial charge in [-0.2, -0.15) is 0 Å². The molecular formula is C10H15N5O5. The van der Waals surface area contributed by atoms with E-state index in [-0.39, 0.29) is 26.1 Å². The van der Waals surface area contributed by atoms with Crippen molar-refractivity contribution in [2.75, 3.05) is 19.7 Å². The molecule has 110 valence electrons. The third-order valence-corrected chi connectivity index (χ3v) is 3.38. The lowest BCUT2D eigenvalue weighted by Crippen LogP contribution is -2.58. The van der Waals surface area contributed by atoms with Crippen LogP contribution in [-0.2, 0) is 9.53 Å². The highest BCUT2D eigenvalue weighted by molar-refractivity contribution is 5.98. The van der Waals surface area contributed by atoms with Crippen molar-refractivity contribution in [3.05, 3.63) is 10.4 Å². The Kier molecular flexibility index (Phi) is 4.40. The lowest BCUT2D eigenvalue weighted by atomic mass is 10.1. The zero-order chi connectivity index (χ0) is 14.7. The number of hydrogen-bond donors (Lipinski definition) is 3. The zero-order valence-electron chi connectivity index (χ0n) is 10.5. The predicted molar refractivity (Wildman–Crippen MR) is 64.1 cm³/mol. The normalized spacial score (nSPS) is 33.8. The van der Waals surface area contributed by atoms with Crippen LogP contribution in [0.4, 0.5) is 4.79 Å². The summed E-state index contributed by atoms with van der Waals surface area (Å²) in [7, 11) is 0. The van der Waals surface area contributed by atoms with Crippen LogP contribution in [0.5, 0.6) is 0 Å². The summed E-state index contributed by atoms with van der Waals surface area (Å²) in [6, 6.07) is -0.622. The molecule has 1 unspecified atom stereocenters. The average molecular weight is 285 g/mol. The Morgan fingerprint density at radius 3 is 2.90 bits per heavy atom. The number of carbonyl (C=O) groups excluding carboxylic acids is 2. The molecule has 2 aliphatic rings. The Balaban J connectivity index is 2.05. The molecule has 3 N–H and O–H groups in total. The van der Waals surface area contributed by atoms with Crippen LogP contribution >= 0.6 is 0 Å². The first-order valence-electron chi connectivity index (χ1n) is 6.13. The molecule has 20 heavy (non-hydrogen) atoms. The molecule has 0 saturated carbocycles. The summed E-state index contributed by atoms with van der Waals surface area (Å²) in [4.78, 5) is 27.2. The molecule has 0 aromatic heterocycles. The SMILES string of the molecule is [N-]=[N+]=NCC1CN([C@H]2C[C@H](O)[C@@H](CO)O2)C(=O)NC1=O. The highest BCUT2D eigenvalue weighted by Crippen LogP contribution is 2.25. The van der Waals surface area contributed by atoms with Crippen LogP contribution in [0.15, 0.2) is 5.11 Å². The second kappa shape index (κ2) is 6.06. The fraction of sp³-hybridized carbons (Fsp3) is 0.800. The van der Waals surface area contributed by atoms with Gasteiger partial charge in [0.25, 0.3) is 0 Å². The first-order chi connectivity index (χ1) is 9.56.